The van der Waals surface area contributed by atoms with Crippen LogP contribution in [0, 0.1) is 0 Å². The number of nitrogens with one attached hydrogen (secondary N) is 3. The van der Waals surface area contributed by atoms with Crippen molar-refractivity contribution in [3.05, 3.63) is 123 Å². The molecule has 0 aliphatic carbocycles. The second-order valence-electron chi connectivity index (χ2n) is 9.12. The monoisotopic (exact) mass is 653 g/mol. The molecule has 220 valence electrons. The zero-order valence-corrected chi connectivity index (χ0v) is 26.1. The second kappa shape index (κ2) is 15.0. The van der Waals surface area contributed by atoms with Crippen LogP contribution in [-0.2, 0) is 9.59 Å². The van der Waals surface area contributed by atoms with E-state index in [2.05, 4.69) is 16.0 Å². The van der Waals surface area contributed by atoms with Crippen molar-refractivity contribution in [1.82, 2.24) is 5.32 Å². The van der Waals surface area contributed by atoms with Crippen molar-refractivity contribution in [2.75, 3.05) is 17.7 Å². The van der Waals surface area contributed by atoms with Gasteiger partial charge < -0.3 is 20.7 Å². The number of methoxy groups -OCH3 is 1. The number of thioether (sulfide) groups is 1. The molecule has 0 saturated carbocycles. The maximum Gasteiger partial charge on any atom is 0.272 e. The van der Waals surface area contributed by atoms with Crippen molar-refractivity contribution in [1.29, 1.82) is 0 Å². The summed E-state index contributed by atoms with van der Waals surface area (Å²) in [6.07, 6.45) is 1.48. The lowest BCUT2D eigenvalue weighted by molar-refractivity contribution is -0.115. The number of benzene rings is 4. The average molecular weight is 655 g/mol. The summed E-state index contributed by atoms with van der Waals surface area (Å²) in [5.41, 5.74) is 1.83. The Morgan fingerprint density at radius 2 is 1.51 bits per heavy atom. The third-order valence-electron chi connectivity index (χ3n) is 6.00. The minimum Gasteiger partial charge on any atom is -0.495 e. The van der Waals surface area contributed by atoms with Gasteiger partial charge in [-0.3, -0.25) is 14.4 Å². The molecule has 3 N–H and O–H groups in total. The van der Waals surface area contributed by atoms with E-state index in [4.69, 9.17) is 39.5 Å². The van der Waals surface area contributed by atoms with Crippen molar-refractivity contribution in [2.24, 2.45) is 0 Å². The van der Waals surface area contributed by atoms with Crippen LogP contribution in [0.4, 0.5) is 11.4 Å². The van der Waals surface area contributed by atoms with Gasteiger partial charge >= 0.3 is 0 Å². The fourth-order valence-corrected chi connectivity index (χ4v) is 5.30. The van der Waals surface area contributed by atoms with E-state index in [1.807, 2.05) is 0 Å². The van der Waals surface area contributed by atoms with Crippen LogP contribution in [0.5, 0.6) is 5.75 Å². The molecule has 1 atom stereocenters. The van der Waals surface area contributed by atoms with Gasteiger partial charge in [-0.2, -0.15) is 0 Å². The first-order valence-corrected chi connectivity index (χ1v) is 14.9. The van der Waals surface area contributed by atoms with E-state index in [1.54, 1.807) is 97.9 Å². The second-order valence-corrected chi connectivity index (χ2v) is 11.8. The summed E-state index contributed by atoms with van der Waals surface area (Å²) < 4.78 is 5.29. The van der Waals surface area contributed by atoms with Crippen molar-refractivity contribution < 1.29 is 19.1 Å². The third-order valence-corrected chi connectivity index (χ3v) is 7.91. The number of halogens is 3. The normalized spacial score (nSPS) is 11.8. The van der Waals surface area contributed by atoms with Crippen LogP contribution in [0.3, 0.4) is 0 Å². The van der Waals surface area contributed by atoms with Gasteiger partial charge in [-0.05, 0) is 85.3 Å². The van der Waals surface area contributed by atoms with E-state index < -0.39 is 17.1 Å². The highest BCUT2D eigenvalue weighted by Gasteiger charge is 2.18. The molecule has 43 heavy (non-hydrogen) atoms. The molecule has 0 aliphatic rings. The summed E-state index contributed by atoms with van der Waals surface area (Å²) in [5, 5.41) is 9.11. The standard InChI is InChI=1S/C32H26Cl3N3O4S/c1-19(30(39)37-27-18-23(34)10-15-29(27)42-2)43-25-13-11-24(12-14-25)36-32(41)28(16-21-8-9-22(33)17-26(21)35)38-31(40)20-6-4-3-5-7-20/h3-19H,1-2H3,(H,36,41)(H,37,39)(H,38,40)/b28-16-. The van der Waals surface area contributed by atoms with Crippen LogP contribution in [0.15, 0.2) is 102 Å². The van der Waals surface area contributed by atoms with Crippen molar-refractivity contribution >= 4 is 81.7 Å². The van der Waals surface area contributed by atoms with E-state index in [0.29, 0.717) is 43.3 Å². The SMILES string of the molecule is COc1ccc(Cl)cc1NC(=O)C(C)Sc1ccc(NC(=O)/C(=C/c2ccc(Cl)cc2Cl)NC(=O)c2ccccc2)cc1. The highest BCUT2D eigenvalue weighted by atomic mass is 35.5. The highest BCUT2D eigenvalue weighted by molar-refractivity contribution is 8.00. The van der Waals surface area contributed by atoms with Crippen LogP contribution >= 0.6 is 46.6 Å². The lowest BCUT2D eigenvalue weighted by Gasteiger charge is -2.15. The summed E-state index contributed by atoms with van der Waals surface area (Å²) in [4.78, 5) is 39.8. The van der Waals surface area contributed by atoms with Crippen LogP contribution < -0.4 is 20.7 Å². The summed E-state index contributed by atoms with van der Waals surface area (Å²) in [5.74, 6) is -0.741. The first-order valence-electron chi connectivity index (χ1n) is 12.9. The quantitative estimate of drug-likeness (QED) is 0.118. The number of anilines is 2. The molecule has 3 amide bonds. The zero-order chi connectivity index (χ0) is 30.9. The predicted molar refractivity (Wildman–Crippen MR) is 175 cm³/mol. The smallest absolute Gasteiger partial charge is 0.272 e. The van der Waals surface area contributed by atoms with E-state index >= 15 is 0 Å². The van der Waals surface area contributed by atoms with E-state index in [0.717, 1.165) is 4.90 Å². The number of ether oxygens (including phenoxy) is 1. The molecular formula is C32H26Cl3N3O4S. The van der Waals surface area contributed by atoms with Gasteiger partial charge in [-0.25, -0.2) is 0 Å². The van der Waals surface area contributed by atoms with Crippen LogP contribution in [-0.4, -0.2) is 30.1 Å². The fraction of sp³-hybridized carbons (Fsp3) is 0.0938. The molecule has 4 aromatic carbocycles. The zero-order valence-electron chi connectivity index (χ0n) is 23.0. The van der Waals surface area contributed by atoms with E-state index in [-0.39, 0.29) is 11.6 Å². The van der Waals surface area contributed by atoms with E-state index in [1.165, 1.54) is 24.9 Å². The predicted octanol–water partition coefficient (Wildman–Crippen LogP) is 8.18. The largest absolute Gasteiger partial charge is 0.495 e. The molecule has 0 heterocycles. The lowest BCUT2D eigenvalue weighted by Crippen LogP contribution is -2.30. The molecule has 11 heteroatoms. The van der Waals surface area contributed by atoms with Gasteiger partial charge in [0.2, 0.25) is 5.91 Å². The lowest BCUT2D eigenvalue weighted by atomic mass is 10.1. The molecule has 0 spiro atoms. The van der Waals surface area contributed by atoms with Crippen LogP contribution in [0.2, 0.25) is 15.1 Å². The van der Waals surface area contributed by atoms with Gasteiger partial charge in [0.15, 0.2) is 0 Å². The molecular weight excluding hydrogens is 629 g/mol. The Balaban J connectivity index is 1.45. The minimum absolute atomic E-state index is 0.0155. The molecule has 0 bridgehead atoms. The van der Waals surface area contributed by atoms with Gasteiger partial charge in [0.25, 0.3) is 11.8 Å². The highest BCUT2D eigenvalue weighted by Crippen LogP contribution is 2.30. The molecule has 0 aliphatic heterocycles. The van der Waals surface area contributed by atoms with Gasteiger partial charge in [-0.1, -0.05) is 59.1 Å². The summed E-state index contributed by atoms with van der Waals surface area (Å²) in [6, 6.07) is 25.3. The van der Waals surface area contributed by atoms with Crippen molar-refractivity contribution in [2.45, 2.75) is 17.1 Å². The maximum absolute atomic E-state index is 13.3. The van der Waals surface area contributed by atoms with Gasteiger partial charge in [0, 0.05) is 31.2 Å². The number of carbonyl (C=O) groups excluding carboxylic acids is 3. The summed E-state index contributed by atoms with van der Waals surface area (Å²) in [6.45, 7) is 1.78. The fourth-order valence-electron chi connectivity index (χ4n) is 3.80. The number of amides is 3. The van der Waals surface area contributed by atoms with Crippen molar-refractivity contribution in [3.63, 3.8) is 0 Å². The Kier molecular flexibility index (Phi) is 11.1. The number of rotatable bonds is 10. The Morgan fingerprint density at radius 3 is 2.19 bits per heavy atom. The minimum atomic E-state index is -0.557. The van der Waals surface area contributed by atoms with Crippen LogP contribution in [0.25, 0.3) is 6.08 Å². The molecule has 0 saturated heterocycles. The molecule has 0 aromatic heterocycles. The Bertz CT molecular complexity index is 1660. The van der Waals surface area contributed by atoms with E-state index in [9.17, 15) is 14.4 Å². The van der Waals surface area contributed by atoms with Gasteiger partial charge in [-0.15, -0.1) is 11.8 Å². The molecule has 1 unspecified atom stereocenters. The Hall–Kier alpha value is -3.95. The Labute approximate surface area is 268 Å². The molecule has 4 rings (SSSR count). The topological polar surface area (TPSA) is 96.5 Å². The van der Waals surface area contributed by atoms with Gasteiger partial charge in [0.05, 0.1) is 18.0 Å². The first-order chi connectivity index (χ1) is 20.6. The maximum atomic E-state index is 13.3. The molecule has 0 radical (unpaired) electrons. The Morgan fingerprint density at radius 1 is 0.837 bits per heavy atom. The number of hydrogen-bond acceptors (Lipinski definition) is 5. The van der Waals surface area contributed by atoms with Gasteiger partial charge in [0.1, 0.15) is 11.4 Å². The summed E-state index contributed by atoms with van der Waals surface area (Å²) in [7, 11) is 1.51. The number of hydrogen-bond donors (Lipinski definition) is 3. The first kappa shape index (κ1) is 32.0. The molecule has 7 nitrogen and oxygen atoms in total. The van der Waals surface area contributed by atoms with Crippen molar-refractivity contribution in [3.8, 4) is 5.75 Å². The molecule has 4 aromatic rings. The summed E-state index contributed by atoms with van der Waals surface area (Å²) >= 11 is 19.7. The number of carbonyl (C=O) groups is 3. The molecule has 0 fully saturated rings. The average Bonchev–Trinajstić information content (AvgIpc) is 2.99. The van der Waals surface area contributed by atoms with Crippen LogP contribution in [0.1, 0.15) is 22.8 Å². The third kappa shape index (κ3) is 9.02.